The van der Waals surface area contributed by atoms with Crippen LogP contribution in [-0.2, 0) is 6.54 Å². The molecule has 0 saturated heterocycles. The fourth-order valence-electron chi connectivity index (χ4n) is 3.18. The molecule has 1 aliphatic carbocycles. The molecule has 1 aliphatic rings. The number of tetrazole rings is 1. The maximum Gasteiger partial charge on any atom is 0.170 e. The van der Waals surface area contributed by atoms with Crippen molar-refractivity contribution in [2.75, 3.05) is 0 Å². The Morgan fingerprint density at radius 2 is 2.00 bits per heavy atom. The summed E-state index contributed by atoms with van der Waals surface area (Å²) >= 11 is 0. The Bertz CT molecular complexity index is 565. The van der Waals surface area contributed by atoms with Gasteiger partial charge in [0.1, 0.15) is 0 Å². The lowest BCUT2D eigenvalue weighted by Crippen LogP contribution is -2.40. The largest absolute Gasteiger partial charge is 0.307 e. The minimum atomic E-state index is 0.565. The van der Waals surface area contributed by atoms with Crippen LogP contribution in [0.2, 0.25) is 0 Å². The molecule has 1 aromatic carbocycles. The number of rotatable bonds is 4. The number of nitrogens with one attached hydrogen (secondary N) is 1. The summed E-state index contributed by atoms with van der Waals surface area (Å²) in [6, 6.07) is 10.6. The SMILES string of the molecule is CC1CCCC(NCc2nnnn2-c2ccccc2)C1C. The highest BCUT2D eigenvalue weighted by Crippen LogP contribution is 2.29. The predicted molar refractivity (Wildman–Crippen MR) is 82.0 cm³/mol. The molecule has 21 heavy (non-hydrogen) atoms. The van der Waals surface area contributed by atoms with Crippen molar-refractivity contribution < 1.29 is 0 Å². The van der Waals surface area contributed by atoms with Crippen LogP contribution in [0.1, 0.15) is 38.9 Å². The highest BCUT2D eigenvalue weighted by Gasteiger charge is 2.26. The smallest absolute Gasteiger partial charge is 0.170 e. The molecule has 0 spiro atoms. The molecule has 2 aromatic rings. The van der Waals surface area contributed by atoms with Crippen molar-refractivity contribution in [2.24, 2.45) is 11.8 Å². The number of hydrogen-bond acceptors (Lipinski definition) is 4. The Balaban J connectivity index is 1.68. The molecule has 0 aliphatic heterocycles. The molecular formula is C16H23N5. The van der Waals surface area contributed by atoms with E-state index in [1.54, 1.807) is 0 Å². The van der Waals surface area contributed by atoms with Crippen LogP contribution in [0.5, 0.6) is 0 Å². The summed E-state index contributed by atoms with van der Waals surface area (Å²) in [6.07, 6.45) is 3.91. The molecule has 1 heterocycles. The third kappa shape index (κ3) is 3.13. The standard InChI is InChI=1S/C16H23N5/c1-12-7-6-10-15(13(12)2)17-11-16-18-19-20-21(16)14-8-4-3-5-9-14/h3-5,8-9,12-13,15,17H,6-7,10-11H2,1-2H3. The summed E-state index contributed by atoms with van der Waals surface area (Å²) in [7, 11) is 0. The Hall–Kier alpha value is -1.75. The van der Waals surface area contributed by atoms with E-state index >= 15 is 0 Å². The number of hydrogen-bond donors (Lipinski definition) is 1. The van der Waals surface area contributed by atoms with E-state index in [0.717, 1.165) is 17.4 Å². The van der Waals surface area contributed by atoms with Crippen LogP contribution in [0.25, 0.3) is 5.69 Å². The predicted octanol–water partition coefficient (Wildman–Crippen LogP) is 2.58. The zero-order valence-electron chi connectivity index (χ0n) is 12.7. The van der Waals surface area contributed by atoms with Gasteiger partial charge in [-0.1, -0.05) is 44.9 Å². The van der Waals surface area contributed by atoms with Crippen molar-refractivity contribution in [3.8, 4) is 5.69 Å². The Labute approximate surface area is 125 Å². The van der Waals surface area contributed by atoms with E-state index in [-0.39, 0.29) is 0 Å². The second-order valence-electron chi connectivity index (χ2n) is 6.10. The highest BCUT2D eigenvalue weighted by atomic mass is 15.5. The second-order valence-corrected chi connectivity index (χ2v) is 6.10. The maximum atomic E-state index is 4.16. The van der Waals surface area contributed by atoms with Gasteiger partial charge in [0.15, 0.2) is 5.82 Å². The number of para-hydroxylation sites is 1. The van der Waals surface area contributed by atoms with Crippen molar-refractivity contribution in [3.63, 3.8) is 0 Å². The van der Waals surface area contributed by atoms with Crippen LogP contribution < -0.4 is 5.32 Å². The molecule has 112 valence electrons. The zero-order chi connectivity index (χ0) is 14.7. The molecule has 1 fully saturated rings. The molecule has 0 amide bonds. The number of benzene rings is 1. The molecule has 5 nitrogen and oxygen atoms in total. The fourth-order valence-corrected chi connectivity index (χ4v) is 3.18. The summed E-state index contributed by atoms with van der Waals surface area (Å²) < 4.78 is 1.81. The average molecular weight is 285 g/mol. The van der Waals surface area contributed by atoms with Gasteiger partial charge in [-0.2, -0.15) is 4.68 Å². The van der Waals surface area contributed by atoms with Gasteiger partial charge in [0.2, 0.25) is 0 Å². The molecule has 1 aromatic heterocycles. The van der Waals surface area contributed by atoms with Gasteiger partial charge in [-0.25, -0.2) is 0 Å². The van der Waals surface area contributed by atoms with Gasteiger partial charge in [-0.3, -0.25) is 0 Å². The second kappa shape index (κ2) is 6.35. The Morgan fingerprint density at radius 3 is 2.81 bits per heavy atom. The first-order valence-electron chi connectivity index (χ1n) is 7.82. The molecular weight excluding hydrogens is 262 g/mol. The van der Waals surface area contributed by atoms with Crippen molar-refractivity contribution in [1.82, 2.24) is 25.5 Å². The summed E-state index contributed by atoms with van der Waals surface area (Å²) in [6.45, 7) is 5.41. The van der Waals surface area contributed by atoms with E-state index in [0.29, 0.717) is 18.5 Å². The van der Waals surface area contributed by atoms with Crippen LogP contribution >= 0.6 is 0 Å². The van der Waals surface area contributed by atoms with Crippen LogP contribution in [0, 0.1) is 11.8 Å². The molecule has 0 radical (unpaired) electrons. The summed E-state index contributed by atoms with van der Waals surface area (Å²) in [5.41, 5.74) is 1.00. The minimum absolute atomic E-state index is 0.565. The number of nitrogens with zero attached hydrogens (tertiary/aromatic N) is 4. The Morgan fingerprint density at radius 1 is 1.19 bits per heavy atom. The molecule has 1 saturated carbocycles. The van der Waals surface area contributed by atoms with Gasteiger partial charge in [0.05, 0.1) is 12.2 Å². The lowest BCUT2D eigenvalue weighted by atomic mass is 9.78. The van der Waals surface area contributed by atoms with Crippen LogP contribution in [0.3, 0.4) is 0 Å². The minimum Gasteiger partial charge on any atom is -0.307 e. The van der Waals surface area contributed by atoms with Gasteiger partial charge in [0.25, 0.3) is 0 Å². The normalized spacial score (nSPS) is 25.9. The van der Waals surface area contributed by atoms with Crippen LogP contribution in [-0.4, -0.2) is 26.2 Å². The maximum absolute atomic E-state index is 4.16. The van der Waals surface area contributed by atoms with Crippen molar-refractivity contribution >= 4 is 0 Å². The lowest BCUT2D eigenvalue weighted by molar-refractivity contribution is 0.204. The molecule has 3 rings (SSSR count). The van der Waals surface area contributed by atoms with E-state index in [1.807, 2.05) is 35.0 Å². The first-order chi connectivity index (χ1) is 10.3. The van der Waals surface area contributed by atoms with Gasteiger partial charge in [-0.05, 0) is 40.8 Å². The van der Waals surface area contributed by atoms with E-state index in [1.165, 1.54) is 19.3 Å². The molecule has 0 bridgehead atoms. The summed E-state index contributed by atoms with van der Waals surface area (Å²) in [5, 5.41) is 15.7. The quantitative estimate of drug-likeness (QED) is 0.938. The van der Waals surface area contributed by atoms with E-state index < -0.39 is 0 Å². The lowest BCUT2D eigenvalue weighted by Gasteiger charge is -2.34. The van der Waals surface area contributed by atoms with E-state index in [9.17, 15) is 0 Å². The highest BCUT2D eigenvalue weighted by molar-refractivity contribution is 5.30. The first-order valence-corrected chi connectivity index (χ1v) is 7.82. The zero-order valence-corrected chi connectivity index (χ0v) is 12.7. The van der Waals surface area contributed by atoms with Gasteiger partial charge in [0, 0.05) is 6.04 Å². The molecule has 5 heteroatoms. The summed E-state index contributed by atoms with van der Waals surface area (Å²) in [4.78, 5) is 0. The fraction of sp³-hybridized carbons (Fsp3) is 0.562. The van der Waals surface area contributed by atoms with Crippen molar-refractivity contribution in [3.05, 3.63) is 36.2 Å². The third-order valence-corrected chi connectivity index (χ3v) is 4.76. The van der Waals surface area contributed by atoms with Gasteiger partial charge in [-0.15, -0.1) is 5.10 Å². The van der Waals surface area contributed by atoms with E-state index in [4.69, 9.17) is 0 Å². The Kier molecular flexibility index (Phi) is 4.29. The third-order valence-electron chi connectivity index (χ3n) is 4.76. The van der Waals surface area contributed by atoms with Crippen LogP contribution in [0.15, 0.2) is 30.3 Å². The summed E-state index contributed by atoms with van der Waals surface area (Å²) in [5.74, 6) is 2.37. The first kappa shape index (κ1) is 14.2. The van der Waals surface area contributed by atoms with Crippen LogP contribution in [0.4, 0.5) is 0 Å². The van der Waals surface area contributed by atoms with Gasteiger partial charge >= 0.3 is 0 Å². The molecule has 3 atom stereocenters. The topological polar surface area (TPSA) is 55.6 Å². The monoisotopic (exact) mass is 285 g/mol. The number of aromatic nitrogens is 4. The van der Waals surface area contributed by atoms with Crippen molar-refractivity contribution in [1.29, 1.82) is 0 Å². The molecule has 1 N–H and O–H groups in total. The average Bonchev–Trinajstić information content (AvgIpc) is 2.98. The van der Waals surface area contributed by atoms with Crippen molar-refractivity contribution in [2.45, 2.75) is 45.7 Å². The van der Waals surface area contributed by atoms with E-state index in [2.05, 4.69) is 34.7 Å². The van der Waals surface area contributed by atoms with Gasteiger partial charge < -0.3 is 5.32 Å². The molecule has 3 unspecified atom stereocenters.